The molecule has 0 saturated heterocycles. The van der Waals surface area contributed by atoms with Crippen molar-refractivity contribution in [3.8, 4) is 0 Å². The summed E-state index contributed by atoms with van der Waals surface area (Å²) in [5.41, 5.74) is 5.16. The first kappa shape index (κ1) is 13.6. The Morgan fingerprint density at radius 3 is 2.53 bits per heavy atom. The third-order valence-electron chi connectivity index (χ3n) is 1.80. The topological polar surface area (TPSA) is 98.5 Å². The van der Waals surface area contributed by atoms with Gasteiger partial charge in [0.1, 0.15) is 6.61 Å². The summed E-state index contributed by atoms with van der Waals surface area (Å²) in [4.78, 5) is 11.3. The van der Waals surface area contributed by atoms with Gasteiger partial charge >= 0.3 is 0 Å². The maximum atomic E-state index is 11.7. The normalized spacial score (nSPS) is 11.1. The number of ether oxygens (including phenoxy) is 1. The average molecular weight is 258 g/mol. The molecule has 0 heterocycles. The fourth-order valence-electron chi connectivity index (χ4n) is 1.09. The van der Waals surface area contributed by atoms with E-state index < -0.39 is 15.9 Å². The Bertz CT molecular complexity index is 458. The highest BCUT2D eigenvalue weighted by atomic mass is 32.2. The molecule has 0 aromatic heterocycles. The molecule has 1 aromatic carbocycles. The molecule has 0 aliphatic rings. The van der Waals surface area contributed by atoms with Gasteiger partial charge in [-0.3, -0.25) is 4.79 Å². The van der Waals surface area contributed by atoms with Gasteiger partial charge in [0.15, 0.2) is 0 Å². The molecule has 0 saturated carbocycles. The Morgan fingerprint density at radius 2 is 1.94 bits per heavy atom. The Hall–Kier alpha value is -1.44. The molecule has 0 spiro atoms. The van der Waals surface area contributed by atoms with Gasteiger partial charge in [-0.05, 0) is 12.1 Å². The van der Waals surface area contributed by atoms with Crippen molar-refractivity contribution in [2.24, 2.45) is 5.73 Å². The van der Waals surface area contributed by atoms with E-state index in [1.54, 1.807) is 18.2 Å². The zero-order valence-corrected chi connectivity index (χ0v) is 9.94. The fourth-order valence-corrected chi connectivity index (χ4v) is 2.08. The molecular formula is C10H14N2O4S. The minimum atomic E-state index is -3.81. The highest BCUT2D eigenvalue weighted by Gasteiger charge is 2.16. The summed E-state index contributed by atoms with van der Waals surface area (Å²) in [6.07, 6.45) is 0. The number of sulfonamides is 1. The van der Waals surface area contributed by atoms with E-state index in [1.165, 1.54) is 12.1 Å². The predicted molar refractivity (Wildman–Crippen MR) is 61.6 cm³/mol. The van der Waals surface area contributed by atoms with E-state index in [2.05, 4.69) is 0 Å². The van der Waals surface area contributed by atoms with Crippen LogP contribution < -0.4 is 10.5 Å². The second kappa shape index (κ2) is 6.33. The molecule has 0 fully saturated rings. The average Bonchev–Trinajstić information content (AvgIpc) is 2.30. The van der Waals surface area contributed by atoms with Crippen molar-refractivity contribution < 1.29 is 17.9 Å². The summed E-state index contributed by atoms with van der Waals surface area (Å²) in [5, 5.41) is 0. The Kier molecular flexibility index (Phi) is 5.08. The first-order valence-corrected chi connectivity index (χ1v) is 6.43. The third kappa shape index (κ3) is 4.51. The maximum Gasteiger partial charge on any atom is 0.264 e. The second-order valence-electron chi connectivity index (χ2n) is 3.18. The fraction of sp³-hybridized carbons (Fsp3) is 0.300. The lowest BCUT2D eigenvalue weighted by atomic mass is 10.4. The van der Waals surface area contributed by atoms with Crippen molar-refractivity contribution in [3.63, 3.8) is 0 Å². The van der Waals surface area contributed by atoms with Crippen LogP contribution in [0, 0.1) is 0 Å². The van der Waals surface area contributed by atoms with Crippen molar-refractivity contribution in [2.45, 2.75) is 4.90 Å². The molecule has 7 heteroatoms. The predicted octanol–water partition coefficient (Wildman–Crippen LogP) is -0.533. The van der Waals surface area contributed by atoms with Gasteiger partial charge in [-0.1, -0.05) is 18.2 Å². The summed E-state index contributed by atoms with van der Waals surface area (Å²) >= 11 is 0. The van der Waals surface area contributed by atoms with E-state index in [1.807, 2.05) is 4.72 Å². The number of benzene rings is 1. The van der Waals surface area contributed by atoms with Crippen LogP contribution in [0.3, 0.4) is 0 Å². The SMILES string of the molecule is NCCOCC(=O)NS(=O)(=O)c1ccccc1. The van der Waals surface area contributed by atoms with Crippen LogP contribution in [0.1, 0.15) is 0 Å². The summed E-state index contributed by atoms with van der Waals surface area (Å²) in [6, 6.07) is 7.63. The molecule has 17 heavy (non-hydrogen) atoms. The molecule has 6 nitrogen and oxygen atoms in total. The minimum Gasteiger partial charge on any atom is -0.370 e. The van der Waals surface area contributed by atoms with Crippen LogP contribution in [0.2, 0.25) is 0 Å². The summed E-state index contributed by atoms with van der Waals surface area (Å²) < 4.78 is 30.0. The molecule has 0 bridgehead atoms. The van der Waals surface area contributed by atoms with Crippen molar-refractivity contribution in [3.05, 3.63) is 30.3 Å². The summed E-state index contributed by atoms with van der Waals surface area (Å²) in [6.45, 7) is 0.154. The van der Waals surface area contributed by atoms with Gasteiger partial charge in [0.25, 0.3) is 15.9 Å². The molecule has 0 atom stereocenters. The van der Waals surface area contributed by atoms with Gasteiger partial charge in [0.2, 0.25) is 0 Å². The lowest BCUT2D eigenvalue weighted by Crippen LogP contribution is -2.34. The van der Waals surface area contributed by atoms with Gasteiger partial charge in [-0.15, -0.1) is 0 Å². The largest absolute Gasteiger partial charge is 0.370 e. The molecule has 1 amide bonds. The first-order valence-electron chi connectivity index (χ1n) is 4.95. The van der Waals surface area contributed by atoms with E-state index >= 15 is 0 Å². The van der Waals surface area contributed by atoms with Crippen molar-refractivity contribution in [1.29, 1.82) is 0 Å². The van der Waals surface area contributed by atoms with Crippen LogP contribution in [0.15, 0.2) is 35.2 Å². The van der Waals surface area contributed by atoms with E-state index in [0.717, 1.165) is 0 Å². The number of hydrogen-bond acceptors (Lipinski definition) is 5. The second-order valence-corrected chi connectivity index (χ2v) is 4.87. The molecular weight excluding hydrogens is 244 g/mol. The van der Waals surface area contributed by atoms with Crippen molar-refractivity contribution >= 4 is 15.9 Å². The highest BCUT2D eigenvalue weighted by Crippen LogP contribution is 2.06. The lowest BCUT2D eigenvalue weighted by molar-refractivity contribution is -0.123. The number of amides is 1. The molecule has 3 N–H and O–H groups in total. The van der Waals surface area contributed by atoms with Gasteiger partial charge in [0.05, 0.1) is 11.5 Å². The van der Waals surface area contributed by atoms with E-state index in [4.69, 9.17) is 10.5 Å². The molecule has 0 aliphatic carbocycles. The number of rotatable bonds is 6. The van der Waals surface area contributed by atoms with Crippen molar-refractivity contribution in [1.82, 2.24) is 4.72 Å². The van der Waals surface area contributed by atoms with Crippen LogP contribution in [-0.4, -0.2) is 34.1 Å². The van der Waals surface area contributed by atoms with Crippen LogP contribution in [0.4, 0.5) is 0 Å². The molecule has 1 aromatic rings. The number of hydrogen-bond donors (Lipinski definition) is 2. The van der Waals surface area contributed by atoms with Gasteiger partial charge in [-0.2, -0.15) is 0 Å². The monoisotopic (exact) mass is 258 g/mol. The number of carbonyl (C=O) groups excluding carboxylic acids is 1. The molecule has 1 rings (SSSR count). The zero-order valence-electron chi connectivity index (χ0n) is 9.13. The Morgan fingerprint density at radius 1 is 1.29 bits per heavy atom. The van der Waals surface area contributed by atoms with Crippen LogP contribution in [-0.2, 0) is 19.6 Å². The summed E-state index contributed by atoms with van der Waals surface area (Å²) in [5.74, 6) is -0.720. The first-order chi connectivity index (χ1) is 8.06. The Balaban J connectivity index is 2.59. The van der Waals surface area contributed by atoms with Crippen molar-refractivity contribution in [2.75, 3.05) is 19.8 Å². The standard InChI is InChI=1S/C10H14N2O4S/c11-6-7-16-8-10(13)12-17(14,15)9-4-2-1-3-5-9/h1-5H,6-8,11H2,(H,12,13). The number of nitrogens with one attached hydrogen (secondary N) is 1. The molecule has 0 aliphatic heterocycles. The smallest absolute Gasteiger partial charge is 0.264 e. The van der Waals surface area contributed by atoms with Crippen LogP contribution in [0.25, 0.3) is 0 Å². The molecule has 0 unspecified atom stereocenters. The lowest BCUT2D eigenvalue weighted by Gasteiger charge is -2.06. The number of nitrogens with two attached hydrogens (primary N) is 1. The molecule has 0 radical (unpaired) electrons. The van der Waals surface area contributed by atoms with Gasteiger partial charge < -0.3 is 10.5 Å². The minimum absolute atomic E-state index is 0.0344. The van der Waals surface area contributed by atoms with Crippen LogP contribution >= 0.6 is 0 Å². The highest BCUT2D eigenvalue weighted by molar-refractivity contribution is 7.90. The quantitative estimate of drug-likeness (QED) is 0.668. The van der Waals surface area contributed by atoms with E-state index in [9.17, 15) is 13.2 Å². The van der Waals surface area contributed by atoms with Gasteiger partial charge in [0, 0.05) is 6.54 Å². The Labute approximate surface area is 99.8 Å². The summed E-state index contributed by atoms with van der Waals surface area (Å²) in [7, 11) is -3.81. The van der Waals surface area contributed by atoms with E-state index in [0.29, 0.717) is 0 Å². The third-order valence-corrected chi connectivity index (χ3v) is 3.19. The van der Waals surface area contributed by atoms with Gasteiger partial charge in [-0.25, -0.2) is 13.1 Å². The van der Waals surface area contributed by atoms with Crippen LogP contribution in [0.5, 0.6) is 0 Å². The number of carbonyl (C=O) groups is 1. The molecule has 94 valence electrons. The zero-order chi connectivity index (χ0) is 12.7. The van der Waals surface area contributed by atoms with E-state index in [-0.39, 0.29) is 24.7 Å². The maximum absolute atomic E-state index is 11.7.